The zero-order valence-corrected chi connectivity index (χ0v) is 43.8. The second-order valence-corrected chi connectivity index (χ2v) is 19.3. The number of benzene rings is 1. The number of carbonyl (C=O) groups excluding carboxylic acids is 5. The molecule has 0 spiro atoms. The van der Waals surface area contributed by atoms with E-state index in [0.717, 1.165) is 22.1 Å². The van der Waals surface area contributed by atoms with Crippen molar-refractivity contribution in [2.75, 3.05) is 52.9 Å². The Kier molecular flexibility index (Phi) is 19.6. The Morgan fingerprint density at radius 1 is 0.987 bits per heavy atom. The molecule has 0 fully saturated rings. The summed E-state index contributed by atoms with van der Waals surface area (Å²) in [6.07, 6.45) is 8.11. The van der Waals surface area contributed by atoms with Crippen molar-refractivity contribution in [2.45, 2.75) is 110 Å². The van der Waals surface area contributed by atoms with E-state index in [4.69, 9.17) is 41.9 Å². The first-order chi connectivity index (χ1) is 36.5. The van der Waals surface area contributed by atoms with E-state index in [-0.39, 0.29) is 76.2 Å². The van der Waals surface area contributed by atoms with Crippen LogP contribution in [-0.2, 0) is 74.6 Å². The largest absolute Gasteiger partial charge is 0.458 e. The van der Waals surface area contributed by atoms with Gasteiger partial charge in [0.05, 0.1) is 68.1 Å². The minimum absolute atomic E-state index is 0.000826. The van der Waals surface area contributed by atoms with E-state index in [2.05, 4.69) is 41.5 Å². The maximum Gasteiger partial charge on any atom is 0.343 e. The van der Waals surface area contributed by atoms with Crippen LogP contribution < -0.4 is 32.6 Å². The van der Waals surface area contributed by atoms with Crippen molar-refractivity contribution in [1.82, 2.24) is 55.8 Å². The zero-order valence-electron chi connectivity index (χ0n) is 43.0. The number of aromatic amines is 1. The van der Waals surface area contributed by atoms with E-state index < -0.39 is 65.2 Å². The number of H-pyrrole nitrogens is 1. The average molecular weight is 1070 g/mol. The van der Waals surface area contributed by atoms with Crippen molar-refractivity contribution in [3.63, 3.8) is 0 Å². The molecule has 3 atom stereocenters. The zero-order chi connectivity index (χ0) is 54.5. The highest BCUT2D eigenvalue weighted by atomic mass is 32.1. The highest BCUT2D eigenvalue weighted by Crippen LogP contribution is 2.41. The number of nitrogens with two attached hydrogens (primary N) is 1. The molecule has 6 heterocycles. The molecule has 1 aromatic carbocycles. The van der Waals surface area contributed by atoms with E-state index in [1.165, 1.54) is 6.07 Å². The lowest BCUT2D eigenvalue weighted by atomic mass is 9.86. The van der Waals surface area contributed by atoms with Crippen LogP contribution in [0.2, 0.25) is 0 Å². The second-order valence-electron chi connectivity index (χ2n) is 18.9. The van der Waals surface area contributed by atoms with Gasteiger partial charge in [0.15, 0.2) is 10.4 Å². The van der Waals surface area contributed by atoms with Gasteiger partial charge in [-0.05, 0) is 99.8 Å². The molecule has 5 aromatic rings. The predicted octanol–water partition coefficient (Wildman–Crippen LogP) is 2.26. The Morgan fingerprint density at radius 2 is 1.79 bits per heavy atom. The third kappa shape index (κ3) is 13.7. The maximum absolute atomic E-state index is 14.9. The second kappa shape index (κ2) is 26.2. The van der Waals surface area contributed by atoms with Gasteiger partial charge in [-0.3, -0.25) is 24.0 Å². The lowest BCUT2D eigenvalue weighted by Gasteiger charge is -2.31. The first-order valence-electron chi connectivity index (χ1n) is 25.3. The Hall–Kier alpha value is -6.90. The minimum atomic E-state index is -1.99. The molecule has 7 rings (SSSR count). The van der Waals surface area contributed by atoms with E-state index in [9.17, 15) is 38.3 Å². The van der Waals surface area contributed by atoms with E-state index in [1.54, 1.807) is 67.7 Å². The predicted molar refractivity (Wildman–Crippen MR) is 276 cm³/mol. The number of nitrogens with one attached hydrogen (secondary N) is 5. The molecular formula is C51H65FN12O11S. The summed E-state index contributed by atoms with van der Waals surface area (Å²) in [6, 6.07) is 2.73. The van der Waals surface area contributed by atoms with Crippen molar-refractivity contribution >= 4 is 52.7 Å². The molecule has 76 heavy (non-hydrogen) atoms. The number of pyridine rings is 2. The average Bonchev–Trinajstić information content (AvgIpc) is 4.08. The van der Waals surface area contributed by atoms with E-state index in [0.29, 0.717) is 84.7 Å². The van der Waals surface area contributed by atoms with Gasteiger partial charge < -0.3 is 60.6 Å². The van der Waals surface area contributed by atoms with Crippen LogP contribution in [0, 0.1) is 23.4 Å². The van der Waals surface area contributed by atoms with Crippen LogP contribution in [0.1, 0.15) is 87.1 Å². The van der Waals surface area contributed by atoms with Gasteiger partial charge in [-0.15, -0.1) is 5.10 Å². The Morgan fingerprint density at radius 3 is 2.54 bits per heavy atom. The van der Waals surface area contributed by atoms with E-state index >= 15 is 0 Å². The van der Waals surface area contributed by atoms with Gasteiger partial charge in [0.1, 0.15) is 43.5 Å². The number of carbonyl (C=O) groups is 5. The number of ether oxygens (including phenoxy) is 4. The van der Waals surface area contributed by atoms with Crippen molar-refractivity contribution in [1.29, 1.82) is 0 Å². The SMILES string of the molecule is CC[C@]1(O)C(=O)OCc2c1cc1n(c2=O)Cc2c-1nc1cc(F)c(C)cc1c2CCCCOCNC(=O)CNC(=O)[C@H](CCCCN)NC(=O)[C@@H](NC(=O)COCCOCCn1cc(-c2cnc(=S)[nH]c2)nn1)C(C)C. The molecule has 4 aromatic heterocycles. The number of rotatable bonds is 28. The number of amides is 4. The highest BCUT2D eigenvalue weighted by molar-refractivity contribution is 7.71. The number of aromatic nitrogens is 7. The minimum Gasteiger partial charge on any atom is -0.458 e. The van der Waals surface area contributed by atoms with Gasteiger partial charge in [-0.25, -0.2) is 23.8 Å². The highest BCUT2D eigenvalue weighted by Gasteiger charge is 2.45. The van der Waals surface area contributed by atoms with Gasteiger partial charge in [-0.1, -0.05) is 26.0 Å². The summed E-state index contributed by atoms with van der Waals surface area (Å²) < 4.78 is 40.5. The molecule has 0 aliphatic carbocycles. The molecule has 23 nitrogen and oxygen atoms in total. The number of hydrogen-bond donors (Lipinski definition) is 7. The summed E-state index contributed by atoms with van der Waals surface area (Å²) >= 11 is 4.97. The number of esters is 1. The molecule has 0 radical (unpaired) electrons. The van der Waals surface area contributed by atoms with Crippen LogP contribution in [-0.4, -0.2) is 134 Å². The third-order valence-corrected chi connectivity index (χ3v) is 13.5. The lowest BCUT2D eigenvalue weighted by molar-refractivity contribution is -0.172. The van der Waals surface area contributed by atoms with Crippen LogP contribution in [0.15, 0.2) is 41.6 Å². The fraction of sp³-hybridized carbons (Fsp3) is 0.510. The molecule has 0 saturated heterocycles. The standard InChI is InChI=1S/C51H65FN12O11S/c1-5-51(71)36-19-41-45-34(24-64(41)48(69)35(36)26-75-49(51)70)32(33-18-30(4)37(52)20-39(33)58-45)10-7-9-14-74-28-57-42(65)23-54-46(67)38(11-6-8-12-53)59-47(68)44(29(2)3)60-43(66)27-73-17-16-72-15-13-63-25-40(61-62-63)31-21-55-50(76)56-22-31/h18-22,25,29,38,44,71H,5-17,23-24,26-28,53H2,1-4H3,(H,54,67)(H,57,65)(H,59,68)(H,60,66)(H,55,56,76)/t38-,44-,51+/m0/s1. The van der Waals surface area contributed by atoms with Crippen molar-refractivity contribution < 1.29 is 52.4 Å². The monoisotopic (exact) mass is 1070 g/mol. The maximum atomic E-state index is 14.9. The number of unbranched alkanes of at least 4 members (excludes halogenated alkanes) is 2. The molecule has 8 N–H and O–H groups in total. The molecule has 408 valence electrons. The topological polar surface area (TPSA) is 311 Å². The smallest absolute Gasteiger partial charge is 0.343 e. The van der Waals surface area contributed by atoms with E-state index in [1.807, 2.05) is 0 Å². The molecular weight excluding hydrogens is 1010 g/mol. The number of aryl methyl sites for hydroxylation is 2. The quantitative estimate of drug-likeness (QED) is 0.0160. The van der Waals surface area contributed by atoms with Crippen LogP contribution in [0.3, 0.4) is 0 Å². The molecule has 2 aliphatic heterocycles. The van der Waals surface area contributed by atoms with Gasteiger partial charge in [0, 0.05) is 47.1 Å². The molecule has 25 heteroatoms. The number of fused-ring (bicyclic) bond motifs is 5. The molecule has 0 unspecified atom stereocenters. The van der Waals surface area contributed by atoms with Gasteiger partial charge in [-0.2, -0.15) is 0 Å². The number of hydrogen-bond acceptors (Lipinski definition) is 17. The summed E-state index contributed by atoms with van der Waals surface area (Å²) in [6.45, 7) is 7.58. The van der Waals surface area contributed by atoms with Gasteiger partial charge in [0.25, 0.3) is 5.56 Å². The molecule has 0 bridgehead atoms. The Labute approximate surface area is 442 Å². The first kappa shape index (κ1) is 56.8. The summed E-state index contributed by atoms with van der Waals surface area (Å²) in [5.41, 5.74) is 8.48. The van der Waals surface area contributed by atoms with Gasteiger partial charge in [0.2, 0.25) is 23.6 Å². The number of aliphatic hydroxyl groups is 1. The summed E-state index contributed by atoms with van der Waals surface area (Å²) in [4.78, 5) is 90.7. The normalized spacial score (nSPS) is 15.4. The van der Waals surface area contributed by atoms with Crippen molar-refractivity contribution in [3.8, 4) is 22.6 Å². The summed E-state index contributed by atoms with van der Waals surface area (Å²) in [7, 11) is 0. The lowest BCUT2D eigenvalue weighted by Crippen LogP contribution is -2.56. The Balaban J connectivity index is 0.829. The fourth-order valence-electron chi connectivity index (χ4n) is 8.98. The third-order valence-electron chi connectivity index (χ3n) is 13.3. The summed E-state index contributed by atoms with van der Waals surface area (Å²) in [5, 5.41) is 30.9. The van der Waals surface area contributed by atoms with Crippen molar-refractivity contribution in [3.05, 3.63) is 85.5 Å². The Bertz CT molecular complexity index is 3040. The first-order valence-corrected chi connectivity index (χ1v) is 25.7. The number of cyclic esters (lactones) is 1. The van der Waals surface area contributed by atoms with Crippen LogP contribution in [0.5, 0.6) is 0 Å². The fourth-order valence-corrected chi connectivity index (χ4v) is 9.09. The van der Waals surface area contributed by atoms with Gasteiger partial charge >= 0.3 is 5.97 Å². The molecule has 4 amide bonds. The van der Waals surface area contributed by atoms with Crippen LogP contribution in [0.4, 0.5) is 4.39 Å². The van der Waals surface area contributed by atoms with Crippen LogP contribution in [0.25, 0.3) is 33.5 Å². The molecule has 2 aliphatic rings. The number of halogens is 1. The van der Waals surface area contributed by atoms with Crippen molar-refractivity contribution in [2.24, 2.45) is 11.7 Å². The molecule has 0 saturated carbocycles. The van der Waals surface area contributed by atoms with Crippen LogP contribution >= 0.6 is 12.2 Å². The number of nitrogens with zero attached hydrogens (tertiary/aromatic N) is 6. The summed E-state index contributed by atoms with van der Waals surface area (Å²) in [5.74, 6) is -3.83.